The van der Waals surface area contributed by atoms with Gasteiger partial charge in [-0.3, -0.25) is 0 Å². The monoisotopic (exact) mass is 368 g/mol. The molecule has 0 saturated carbocycles. The number of halogens is 4. The number of benzene rings is 1. The first-order chi connectivity index (χ1) is 11.9. The minimum Gasteiger partial charge on any atom is -0.302 e. The van der Waals surface area contributed by atoms with E-state index in [2.05, 4.69) is 15.2 Å². The summed E-state index contributed by atoms with van der Waals surface area (Å²) in [6.07, 6.45) is 0. The molecular weight excluding hydrogens is 356 g/mol. The van der Waals surface area contributed by atoms with Crippen molar-refractivity contribution < 1.29 is 17.6 Å². The van der Waals surface area contributed by atoms with Crippen LogP contribution in [0.25, 0.3) is 11.4 Å². The van der Waals surface area contributed by atoms with E-state index in [0.29, 0.717) is 24.1 Å². The highest BCUT2D eigenvalue weighted by atomic mass is 32.2. The molecule has 9 heteroatoms. The topological polar surface area (TPSA) is 43.6 Å². The molecule has 130 valence electrons. The van der Waals surface area contributed by atoms with E-state index < -0.39 is 28.4 Å². The molecule has 0 N–H and O–H groups in total. The molecule has 0 saturated heterocycles. The van der Waals surface area contributed by atoms with Crippen molar-refractivity contribution in [1.29, 1.82) is 0 Å². The fraction of sp³-hybridized carbons (Fsp3) is 0.188. The van der Waals surface area contributed by atoms with Crippen LogP contribution in [0.3, 0.4) is 0 Å². The molecule has 0 aliphatic heterocycles. The van der Waals surface area contributed by atoms with Gasteiger partial charge in [0.25, 0.3) is 11.9 Å². The first-order valence-electron chi connectivity index (χ1n) is 7.31. The van der Waals surface area contributed by atoms with Crippen molar-refractivity contribution >= 4 is 11.8 Å². The lowest BCUT2D eigenvalue weighted by Gasteiger charge is -2.10. The van der Waals surface area contributed by atoms with Crippen molar-refractivity contribution in [3.8, 4) is 11.4 Å². The van der Waals surface area contributed by atoms with Gasteiger partial charge in [-0.25, -0.2) is 8.78 Å². The third kappa shape index (κ3) is 3.11. The molecule has 0 aliphatic rings. The Morgan fingerprint density at radius 3 is 2.24 bits per heavy atom. The lowest BCUT2D eigenvalue weighted by molar-refractivity contribution is 0.383. The molecule has 0 unspecified atom stereocenters. The fourth-order valence-electron chi connectivity index (χ4n) is 2.32. The van der Waals surface area contributed by atoms with E-state index in [1.807, 2.05) is 31.2 Å². The number of pyridine rings is 1. The predicted octanol–water partition coefficient (Wildman–Crippen LogP) is 4.38. The number of hydrogen-bond acceptors (Lipinski definition) is 4. The lowest BCUT2D eigenvalue weighted by Crippen LogP contribution is -2.04. The van der Waals surface area contributed by atoms with E-state index in [1.54, 1.807) is 11.5 Å². The maximum Gasteiger partial charge on any atom is 0.252 e. The first-order valence-corrected chi connectivity index (χ1v) is 8.12. The molecule has 0 radical (unpaired) electrons. The molecule has 0 amide bonds. The molecule has 1 aromatic carbocycles. The Morgan fingerprint density at radius 1 is 1.00 bits per heavy atom. The van der Waals surface area contributed by atoms with Crippen LogP contribution in [0, 0.1) is 30.5 Å². The Labute approximate surface area is 144 Å². The Morgan fingerprint density at radius 2 is 1.64 bits per heavy atom. The van der Waals surface area contributed by atoms with Crippen molar-refractivity contribution in [3.05, 3.63) is 53.4 Å². The smallest absolute Gasteiger partial charge is 0.252 e. The van der Waals surface area contributed by atoms with Crippen LogP contribution in [-0.4, -0.2) is 19.7 Å². The minimum atomic E-state index is -1.71. The van der Waals surface area contributed by atoms with Gasteiger partial charge in [-0.2, -0.15) is 13.8 Å². The average molecular weight is 368 g/mol. The van der Waals surface area contributed by atoms with Crippen LogP contribution >= 0.6 is 11.8 Å². The highest BCUT2D eigenvalue weighted by Gasteiger charge is 2.24. The van der Waals surface area contributed by atoms with Crippen molar-refractivity contribution in [3.63, 3.8) is 0 Å². The first kappa shape index (κ1) is 17.4. The molecular formula is C16H12F4N4S. The van der Waals surface area contributed by atoms with Gasteiger partial charge in [0.1, 0.15) is 0 Å². The quantitative estimate of drug-likeness (QED) is 0.506. The van der Waals surface area contributed by atoms with E-state index in [-0.39, 0.29) is 5.16 Å². The van der Waals surface area contributed by atoms with E-state index in [9.17, 15) is 17.6 Å². The molecule has 3 aromatic rings. The molecule has 4 nitrogen and oxygen atoms in total. The van der Waals surface area contributed by atoms with Gasteiger partial charge in [-0.05, 0) is 31.2 Å². The highest BCUT2D eigenvalue weighted by molar-refractivity contribution is 7.99. The second kappa shape index (κ2) is 6.83. The molecule has 2 aromatic heterocycles. The second-order valence-electron chi connectivity index (χ2n) is 5.12. The summed E-state index contributed by atoms with van der Waals surface area (Å²) in [5.74, 6) is -6.04. The molecule has 0 bridgehead atoms. The van der Waals surface area contributed by atoms with Crippen molar-refractivity contribution in [1.82, 2.24) is 19.7 Å². The number of aryl methyl sites for hydroxylation is 1. The Bertz CT molecular complexity index is 916. The van der Waals surface area contributed by atoms with Gasteiger partial charge in [0.15, 0.2) is 22.6 Å². The zero-order valence-electron chi connectivity index (χ0n) is 13.2. The van der Waals surface area contributed by atoms with Crippen molar-refractivity contribution in [2.24, 2.45) is 0 Å². The van der Waals surface area contributed by atoms with Crippen LogP contribution in [0.5, 0.6) is 0 Å². The Kier molecular flexibility index (Phi) is 4.76. The molecule has 25 heavy (non-hydrogen) atoms. The van der Waals surface area contributed by atoms with E-state index in [0.717, 1.165) is 11.1 Å². The molecule has 0 spiro atoms. The van der Waals surface area contributed by atoms with Crippen LogP contribution in [-0.2, 0) is 6.54 Å². The SMILES string of the molecule is CCn1c(Sc2c(F)c(F)nc(F)c2F)nnc1-c1ccccc1C. The maximum atomic E-state index is 13.8. The van der Waals surface area contributed by atoms with Crippen molar-refractivity contribution in [2.75, 3.05) is 0 Å². The minimum absolute atomic E-state index is 0.114. The summed E-state index contributed by atoms with van der Waals surface area (Å²) in [7, 11) is 0. The maximum absolute atomic E-state index is 13.8. The summed E-state index contributed by atoms with van der Waals surface area (Å²) in [5.41, 5.74) is 1.75. The summed E-state index contributed by atoms with van der Waals surface area (Å²) < 4.78 is 55.8. The van der Waals surface area contributed by atoms with Crippen LogP contribution in [0.1, 0.15) is 12.5 Å². The fourth-order valence-corrected chi connectivity index (χ4v) is 3.26. The van der Waals surface area contributed by atoms with Gasteiger partial charge in [-0.15, -0.1) is 10.2 Å². The van der Waals surface area contributed by atoms with E-state index in [4.69, 9.17) is 0 Å². The van der Waals surface area contributed by atoms with Gasteiger partial charge < -0.3 is 4.57 Å². The van der Waals surface area contributed by atoms with Crippen LogP contribution in [0.4, 0.5) is 17.6 Å². The predicted molar refractivity (Wildman–Crippen MR) is 84.1 cm³/mol. The van der Waals surface area contributed by atoms with Crippen LogP contribution < -0.4 is 0 Å². The summed E-state index contributed by atoms with van der Waals surface area (Å²) in [4.78, 5) is 1.70. The van der Waals surface area contributed by atoms with Gasteiger partial charge in [0.05, 0.1) is 4.90 Å². The molecule has 0 atom stereocenters. The molecule has 2 heterocycles. The highest BCUT2D eigenvalue weighted by Crippen LogP contribution is 2.34. The average Bonchev–Trinajstić information content (AvgIpc) is 2.99. The Balaban J connectivity index is 2.08. The third-order valence-electron chi connectivity index (χ3n) is 3.57. The van der Waals surface area contributed by atoms with Gasteiger partial charge >= 0.3 is 0 Å². The molecule has 0 fully saturated rings. The lowest BCUT2D eigenvalue weighted by atomic mass is 10.1. The van der Waals surface area contributed by atoms with Crippen LogP contribution in [0.15, 0.2) is 34.3 Å². The molecule has 0 aliphatic carbocycles. The molecule has 3 rings (SSSR count). The largest absolute Gasteiger partial charge is 0.302 e. The van der Waals surface area contributed by atoms with Crippen LogP contribution in [0.2, 0.25) is 0 Å². The Hall–Kier alpha value is -2.42. The van der Waals surface area contributed by atoms with Gasteiger partial charge in [-0.1, -0.05) is 24.3 Å². The number of nitrogens with zero attached hydrogens (tertiary/aromatic N) is 4. The zero-order chi connectivity index (χ0) is 18.1. The van der Waals surface area contributed by atoms with Gasteiger partial charge in [0.2, 0.25) is 0 Å². The standard InChI is InChI=1S/C16H12F4N4S/c1-3-24-15(9-7-5-4-6-8(9)2)22-23-16(24)25-12-10(17)13(19)21-14(20)11(12)18/h4-7H,3H2,1-2H3. The van der Waals surface area contributed by atoms with Crippen molar-refractivity contribution in [2.45, 2.75) is 30.4 Å². The summed E-state index contributed by atoms with van der Waals surface area (Å²) in [6.45, 7) is 4.09. The summed E-state index contributed by atoms with van der Waals surface area (Å²) in [6, 6.07) is 7.43. The summed E-state index contributed by atoms with van der Waals surface area (Å²) in [5, 5.41) is 8.10. The summed E-state index contributed by atoms with van der Waals surface area (Å²) >= 11 is 0.461. The third-order valence-corrected chi connectivity index (χ3v) is 4.62. The normalized spacial score (nSPS) is 11.1. The second-order valence-corrected chi connectivity index (χ2v) is 6.10. The van der Waals surface area contributed by atoms with E-state index >= 15 is 0 Å². The number of rotatable bonds is 4. The van der Waals surface area contributed by atoms with Gasteiger partial charge in [0, 0.05) is 12.1 Å². The zero-order valence-corrected chi connectivity index (χ0v) is 14.0. The van der Waals surface area contributed by atoms with E-state index in [1.165, 1.54) is 0 Å². The number of hydrogen-bond donors (Lipinski definition) is 0. The number of aromatic nitrogens is 4.